The number of anilines is 1. The van der Waals surface area contributed by atoms with E-state index in [1.807, 2.05) is 19.2 Å². The van der Waals surface area contributed by atoms with E-state index < -0.39 is 0 Å². The van der Waals surface area contributed by atoms with E-state index in [0.29, 0.717) is 12.6 Å². The SMILES string of the molecule is CCCc1ccc(NC(=O)CN(C)C2CCNCC2)cc1. The van der Waals surface area contributed by atoms with Gasteiger partial charge in [-0.25, -0.2) is 0 Å². The van der Waals surface area contributed by atoms with Gasteiger partial charge in [-0.05, 0) is 57.1 Å². The van der Waals surface area contributed by atoms with Gasteiger partial charge < -0.3 is 10.6 Å². The van der Waals surface area contributed by atoms with Crippen LogP contribution in [0.15, 0.2) is 24.3 Å². The minimum atomic E-state index is 0.0688. The lowest BCUT2D eigenvalue weighted by Crippen LogP contribution is -2.44. The summed E-state index contributed by atoms with van der Waals surface area (Å²) in [4.78, 5) is 14.3. The molecule has 4 heteroatoms. The Bertz CT molecular complexity index is 438. The van der Waals surface area contributed by atoms with Crippen LogP contribution in [0, 0.1) is 0 Å². The van der Waals surface area contributed by atoms with Crippen LogP contribution in [0.1, 0.15) is 31.7 Å². The number of likely N-dealkylation sites (N-methyl/N-ethyl adjacent to an activating group) is 1. The normalized spacial score (nSPS) is 16.1. The molecule has 1 heterocycles. The van der Waals surface area contributed by atoms with E-state index in [0.717, 1.165) is 44.5 Å². The van der Waals surface area contributed by atoms with E-state index in [4.69, 9.17) is 0 Å². The minimum absolute atomic E-state index is 0.0688. The predicted octanol–water partition coefficient (Wildman–Crippen LogP) is 2.26. The van der Waals surface area contributed by atoms with Crippen LogP contribution in [0.3, 0.4) is 0 Å². The van der Waals surface area contributed by atoms with Gasteiger partial charge in [0.2, 0.25) is 5.91 Å². The van der Waals surface area contributed by atoms with E-state index in [1.54, 1.807) is 0 Å². The average Bonchev–Trinajstić information content (AvgIpc) is 2.50. The first-order valence-corrected chi connectivity index (χ1v) is 7.98. The molecule has 1 aliphatic heterocycles. The first kappa shape index (κ1) is 16.0. The highest BCUT2D eigenvalue weighted by Gasteiger charge is 2.19. The van der Waals surface area contributed by atoms with Gasteiger partial charge in [0.05, 0.1) is 6.54 Å². The number of nitrogens with zero attached hydrogens (tertiary/aromatic N) is 1. The summed E-state index contributed by atoms with van der Waals surface area (Å²) in [5.74, 6) is 0.0688. The second kappa shape index (κ2) is 8.15. The van der Waals surface area contributed by atoms with Crippen molar-refractivity contribution in [2.75, 3.05) is 32.0 Å². The van der Waals surface area contributed by atoms with Crippen molar-refractivity contribution in [1.82, 2.24) is 10.2 Å². The van der Waals surface area contributed by atoms with Gasteiger partial charge in [-0.2, -0.15) is 0 Å². The van der Waals surface area contributed by atoms with Crippen LogP contribution in [0.4, 0.5) is 5.69 Å². The maximum absolute atomic E-state index is 12.1. The Balaban J connectivity index is 1.80. The molecular formula is C17H27N3O. The van der Waals surface area contributed by atoms with Crippen molar-refractivity contribution >= 4 is 11.6 Å². The molecule has 116 valence electrons. The molecule has 0 unspecified atom stereocenters. The molecule has 0 atom stereocenters. The first-order valence-electron chi connectivity index (χ1n) is 7.98. The lowest BCUT2D eigenvalue weighted by molar-refractivity contribution is -0.117. The quantitative estimate of drug-likeness (QED) is 0.844. The fourth-order valence-electron chi connectivity index (χ4n) is 2.85. The standard InChI is InChI=1S/C17H27N3O/c1-3-4-14-5-7-15(8-6-14)19-17(21)13-20(2)16-9-11-18-12-10-16/h5-8,16,18H,3-4,9-13H2,1-2H3,(H,19,21). The fraction of sp³-hybridized carbons (Fsp3) is 0.588. The maximum atomic E-state index is 12.1. The predicted molar refractivity (Wildman–Crippen MR) is 87.6 cm³/mol. The molecule has 2 N–H and O–H groups in total. The van der Waals surface area contributed by atoms with E-state index in [2.05, 4.69) is 34.6 Å². The Morgan fingerprint density at radius 1 is 1.29 bits per heavy atom. The van der Waals surface area contributed by atoms with Crippen molar-refractivity contribution in [3.63, 3.8) is 0 Å². The highest BCUT2D eigenvalue weighted by Crippen LogP contribution is 2.12. The van der Waals surface area contributed by atoms with Crippen LogP contribution < -0.4 is 10.6 Å². The lowest BCUT2D eigenvalue weighted by Gasteiger charge is -2.31. The van der Waals surface area contributed by atoms with Crippen LogP contribution in [0.2, 0.25) is 0 Å². The molecule has 0 spiro atoms. The van der Waals surface area contributed by atoms with Crippen LogP contribution in [0.5, 0.6) is 0 Å². The zero-order valence-corrected chi connectivity index (χ0v) is 13.2. The van der Waals surface area contributed by atoms with E-state index >= 15 is 0 Å². The Kier molecular flexibility index (Phi) is 6.21. The fourth-order valence-corrected chi connectivity index (χ4v) is 2.85. The number of aryl methyl sites for hydroxylation is 1. The van der Waals surface area contributed by atoms with E-state index in [9.17, 15) is 4.79 Å². The molecule has 4 nitrogen and oxygen atoms in total. The summed E-state index contributed by atoms with van der Waals surface area (Å²) < 4.78 is 0. The Labute approximate surface area is 127 Å². The molecule has 0 saturated carbocycles. The van der Waals surface area contributed by atoms with Crippen LogP contribution in [-0.4, -0.2) is 43.5 Å². The number of hydrogen-bond acceptors (Lipinski definition) is 3. The molecule has 1 aromatic carbocycles. The van der Waals surface area contributed by atoms with Gasteiger partial charge >= 0.3 is 0 Å². The maximum Gasteiger partial charge on any atom is 0.238 e. The largest absolute Gasteiger partial charge is 0.325 e. The summed E-state index contributed by atoms with van der Waals surface area (Å²) >= 11 is 0. The van der Waals surface area contributed by atoms with Gasteiger partial charge in [0, 0.05) is 11.7 Å². The zero-order chi connectivity index (χ0) is 15.1. The molecule has 1 aromatic rings. The molecule has 1 fully saturated rings. The summed E-state index contributed by atoms with van der Waals surface area (Å²) in [7, 11) is 2.04. The monoisotopic (exact) mass is 289 g/mol. The van der Waals surface area contributed by atoms with Gasteiger partial charge in [0.25, 0.3) is 0 Å². The molecule has 0 aromatic heterocycles. The minimum Gasteiger partial charge on any atom is -0.325 e. The van der Waals surface area contributed by atoms with Crippen LogP contribution in [0.25, 0.3) is 0 Å². The molecular weight excluding hydrogens is 262 g/mol. The number of carbonyl (C=O) groups excluding carboxylic acids is 1. The number of nitrogens with one attached hydrogen (secondary N) is 2. The van der Waals surface area contributed by atoms with Gasteiger partial charge in [0.15, 0.2) is 0 Å². The molecule has 0 radical (unpaired) electrons. The van der Waals surface area contributed by atoms with Crippen LogP contribution in [-0.2, 0) is 11.2 Å². The van der Waals surface area contributed by atoms with Crippen molar-refractivity contribution in [2.24, 2.45) is 0 Å². The molecule has 0 aliphatic carbocycles. The molecule has 1 aliphatic rings. The highest BCUT2D eigenvalue weighted by molar-refractivity contribution is 5.92. The Morgan fingerprint density at radius 3 is 2.57 bits per heavy atom. The topological polar surface area (TPSA) is 44.4 Å². The second-order valence-electron chi connectivity index (χ2n) is 5.89. The summed E-state index contributed by atoms with van der Waals surface area (Å²) in [6, 6.07) is 8.69. The Hall–Kier alpha value is -1.39. The molecule has 1 saturated heterocycles. The zero-order valence-electron chi connectivity index (χ0n) is 13.2. The van der Waals surface area contributed by atoms with Crippen molar-refractivity contribution < 1.29 is 4.79 Å². The lowest BCUT2D eigenvalue weighted by atomic mass is 10.1. The third-order valence-corrected chi connectivity index (χ3v) is 4.10. The van der Waals surface area contributed by atoms with Gasteiger partial charge in [0.1, 0.15) is 0 Å². The highest BCUT2D eigenvalue weighted by atomic mass is 16.2. The van der Waals surface area contributed by atoms with Gasteiger partial charge in [-0.3, -0.25) is 9.69 Å². The molecule has 0 bridgehead atoms. The summed E-state index contributed by atoms with van der Waals surface area (Å²) in [6.07, 6.45) is 4.48. The first-order chi connectivity index (χ1) is 10.2. The molecule has 21 heavy (non-hydrogen) atoms. The third-order valence-electron chi connectivity index (χ3n) is 4.10. The number of carbonyl (C=O) groups is 1. The Morgan fingerprint density at radius 2 is 1.95 bits per heavy atom. The van der Waals surface area contributed by atoms with Crippen LogP contribution >= 0.6 is 0 Å². The number of amides is 1. The van der Waals surface area contributed by atoms with Crippen molar-refractivity contribution in [1.29, 1.82) is 0 Å². The number of piperidine rings is 1. The van der Waals surface area contributed by atoms with Crippen molar-refractivity contribution in [3.05, 3.63) is 29.8 Å². The van der Waals surface area contributed by atoms with Crippen molar-refractivity contribution in [3.8, 4) is 0 Å². The summed E-state index contributed by atoms with van der Waals surface area (Å²) in [5, 5.41) is 6.34. The third kappa shape index (κ3) is 5.14. The van der Waals surface area contributed by atoms with Gasteiger partial charge in [-0.15, -0.1) is 0 Å². The van der Waals surface area contributed by atoms with Gasteiger partial charge in [-0.1, -0.05) is 25.5 Å². The summed E-state index contributed by atoms with van der Waals surface area (Å²) in [6.45, 7) is 4.73. The van der Waals surface area contributed by atoms with E-state index in [1.165, 1.54) is 5.56 Å². The summed E-state index contributed by atoms with van der Waals surface area (Å²) in [5.41, 5.74) is 2.21. The number of hydrogen-bond donors (Lipinski definition) is 2. The smallest absolute Gasteiger partial charge is 0.238 e. The number of rotatable bonds is 6. The second-order valence-corrected chi connectivity index (χ2v) is 5.89. The van der Waals surface area contributed by atoms with E-state index in [-0.39, 0.29) is 5.91 Å². The molecule has 1 amide bonds. The average molecular weight is 289 g/mol. The van der Waals surface area contributed by atoms with Crippen molar-refractivity contribution in [2.45, 2.75) is 38.6 Å². The number of benzene rings is 1. The molecule has 2 rings (SSSR count).